The number of benzene rings is 3. The Morgan fingerprint density at radius 3 is 2.55 bits per heavy atom. The predicted octanol–water partition coefficient (Wildman–Crippen LogP) is 5.80. The SMILES string of the molecule is COc1ccc(NC(=O)c2ccc(-c3ccc(-c4noc(C)n4)cc3C)cc2)cc1OCCC1CCCN1. The number of carbonyl (C=O) groups excluding carboxylic acids is 1. The minimum Gasteiger partial charge on any atom is -0.493 e. The maximum atomic E-state index is 13.0. The lowest BCUT2D eigenvalue weighted by molar-refractivity contribution is 0.102. The van der Waals surface area contributed by atoms with Crippen LogP contribution < -0.4 is 20.1 Å². The van der Waals surface area contributed by atoms with Crippen molar-refractivity contribution in [2.45, 2.75) is 39.2 Å². The van der Waals surface area contributed by atoms with Crippen LogP contribution in [0.3, 0.4) is 0 Å². The average Bonchev–Trinajstić information content (AvgIpc) is 3.61. The van der Waals surface area contributed by atoms with Crippen molar-refractivity contribution in [3.8, 4) is 34.0 Å². The quantitative estimate of drug-likeness (QED) is 0.292. The molecule has 38 heavy (non-hydrogen) atoms. The van der Waals surface area contributed by atoms with Crippen molar-refractivity contribution in [3.05, 3.63) is 77.7 Å². The third kappa shape index (κ3) is 5.86. The molecule has 0 spiro atoms. The lowest BCUT2D eigenvalue weighted by Gasteiger charge is -2.15. The number of nitrogens with one attached hydrogen (secondary N) is 2. The minimum atomic E-state index is -0.192. The van der Waals surface area contributed by atoms with Crippen LogP contribution in [0.2, 0.25) is 0 Å². The van der Waals surface area contributed by atoms with E-state index < -0.39 is 0 Å². The number of methoxy groups -OCH3 is 1. The van der Waals surface area contributed by atoms with Crippen LogP contribution in [0.5, 0.6) is 11.5 Å². The number of hydrogen-bond donors (Lipinski definition) is 2. The average molecular weight is 513 g/mol. The van der Waals surface area contributed by atoms with Gasteiger partial charge in [-0.2, -0.15) is 4.98 Å². The summed E-state index contributed by atoms with van der Waals surface area (Å²) in [5.74, 6) is 2.17. The second-order valence-electron chi connectivity index (χ2n) is 9.49. The molecule has 1 aliphatic heterocycles. The molecule has 2 heterocycles. The highest BCUT2D eigenvalue weighted by atomic mass is 16.5. The Bertz CT molecular complexity index is 1410. The van der Waals surface area contributed by atoms with Crippen LogP contribution in [-0.4, -0.2) is 42.4 Å². The first-order valence-electron chi connectivity index (χ1n) is 12.9. The first-order chi connectivity index (χ1) is 18.5. The normalized spacial score (nSPS) is 14.9. The van der Waals surface area contributed by atoms with Gasteiger partial charge in [0.25, 0.3) is 5.91 Å². The fourth-order valence-corrected chi connectivity index (χ4v) is 4.73. The van der Waals surface area contributed by atoms with E-state index >= 15 is 0 Å². The zero-order valence-corrected chi connectivity index (χ0v) is 21.9. The third-order valence-corrected chi connectivity index (χ3v) is 6.78. The molecule has 1 aromatic heterocycles. The molecule has 1 fully saturated rings. The maximum Gasteiger partial charge on any atom is 0.255 e. The van der Waals surface area contributed by atoms with Crippen molar-refractivity contribution in [2.24, 2.45) is 0 Å². The molecule has 1 amide bonds. The number of ether oxygens (including phenoxy) is 2. The predicted molar refractivity (Wildman–Crippen MR) is 147 cm³/mol. The number of rotatable bonds is 9. The van der Waals surface area contributed by atoms with E-state index in [1.165, 1.54) is 12.8 Å². The largest absolute Gasteiger partial charge is 0.493 e. The van der Waals surface area contributed by atoms with Gasteiger partial charge in [0.2, 0.25) is 11.7 Å². The molecule has 1 saturated heterocycles. The van der Waals surface area contributed by atoms with Crippen molar-refractivity contribution >= 4 is 11.6 Å². The smallest absolute Gasteiger partial charge is 0.255 e. The van der Waals surface area contributed by atoms with Gasteiger partial charge in [-0.25, -0.2) is 0 Å². The van der Waals surface area contributed by atoms with Crippen LogP contribution in [0.1, 0.15) is 41.1 Å². The molecule has 5 rings (SSSR count). The Kier molecular flexibility index (Phi) is 7.70. The van der Waals surface area contributed by atoms with E-state index in [2.05, 4.69) is 20.8 Å². The minimum absolute atomic E-state index is 0.192. The van der Waals surface area contributed by atoms with Gasteiger partial charge in [-0.05, 0) is 79.8 Å². The van der Waals surface area contributed by atoms with Gasteiger partial charge in [0.05, 0.1) is 13.7 Å². The fraction of sp³-hybridized carbons (Fsp3) is 0.300. The van der Waals surface area contributed by atoms with E-state index in [4.69, 9.17) is 14.0 Å². The van der Waals surface area contributed by atoms with Crippen LogP contribution in [0, 0.1) is 13.8 Å². The zero-order chi connectivity index (χ0) is 26.5. The molecule has 1 atom stereocenters. The molecule has 0 saturated carbocycles. The number of nitrogens with zero attached hydrogens (tertiary/aromatic N) is 2. The summed E-state index contributed by atoms with van der Waals surface area (Å²) < 4.78 is 16.5. The summed E-state index contributed by atoms with van der Waals surface area (Å²) in [5, 5.41) is 10.4. The molecule has 2 N–H and O–H groups in total. The molecule has 196 valence electrons. The van der Waals surface area contributed by atoms with E-state index in [9.17, 15) is 4.79 Å². The molecule has 3 aromatic carbocycles. The summed E-state index contributed by atoms with van der Waals surface area (Å²) in [4.78, 5) is 17.3. The Morgan fingerprint density at radius 2 is 1.87 bits per heavy atom. The van der Waals surface area contributed by atoms with Gasteiger partial charge in [0.15, 0.2) is 11.5 Å². The monoisotopic (exact) mass is 512 g/mol. The van der Waals surface area contributed by atoms with E-state index in [-0.39, 0.29) is 5.91 Å². The van der Waals surface area contributed by atoms with Gasteiger partial charge in [-0.3, -0.25) is 4.79 Å². The van der Waals surface area contributed by atoms with Gasteiger partial charge >= 0.3 is 0 Å². The summed E-state index contributed by atoms with van der Waals surface area (Å²) in [6.07, 6.45) is 3.33. The Labute approximate surface area is 222 Å². The van der Waals surface area contributed by atoms with E-state index in [1.807, 2.05) is 67.6 Å². The summed E-state index contributed by atoms with van der Waals surface area (Å²) in [5.41, 5.74) is 5.29. The topological polar surface area (TPSA) is 98.5 Å². The highest BCUT2D eigenvalue weighted by Crippen LogP contribution is 2.31. The van der Waals surface area contributed by atoms with E-state index in [0.29, 0.717) is 47.1 Å². The Balaban J connectivity index is 1.24. The summed E-state index contributed by atoms with van der Waals surface area (Å²) in [6.45, 7) is 5.47. The van der Waals surface area contributed by atoms with Crippen molar-refractivity contribution in [2.75, 3.05) is 25.6 Å². The van der Waals surface area contributed by atoms with Crippen molar-refractivity contribution < 1.29 is 18.8 Å². The molecular formula is C30H32N4O4. The Morgan fingerprint density at radius 1 is 1.05 bits per heavy atom. The number of carbonyl (C=O) groups is 1. The molecule has 0 radical (unpaired) electrons. The van der Waals surface area contributed by atoms with Crippen LogP contribution in [0.15, 0.2) is 65.2 Å². The molecular weight excluding hydrogens is 480 g/mol. The first-order valence-corrected chi connectivity index (χ1v) is 12.9. The van der Waals surface area contributed by atoms with Gasteiger partial charge in [0.1, 0.15) is 0 Å². The van der Waals surface area contributed by atoms with Crippen LogP contribution >= 0.6 is 0 Å². The highest BCUT2D eigenvalue weighted by Gasteiger charge is 2.15. The van der Waals surface area contributed by atoms with Crippen LogP contribution in [-0.2, 0) is 0 Å². The highest BCUT2D eigenvalue weighted by molar-refractivity contribution is 6.04. The molecule has 8 nitrogen and oxygen atoms in total. The second kappa shape index (κ2) is 11.5. The van der Waals surface area contributed by atoms with E-state index in [0.717, 1.165) is 35.2 Å². The lowest BCUT2D eigenvalue weighted by atomic mass is 9.97. The molecule has 0 aliphatic carbocycles. The fourth-order valence-electron chi connectivity index (χ4n) is 4.73. The maximum absolute atomic E-state index is 13.0. The third-order valence-electron chi connectivity index (χ3n) is 6.78. The van der Waals surface area contributed by atoms with Crippen LogP contribution in [0.25, 0.3) is 22.5 Å². The van der Waals surface area contributed by atoms with Gasteiger partial charge in [0, 0.05) is 35.8 Å². The van der Waals surface area contributed by atoms with Gasteiger partial charge < -0.3 is 24.6 Å². The number of amides is 1. The number of aromatic nitrogens is 2. The molecule has 0 bridgehead atoms. The van der Waals surface area contributed by atoms with Crippen molar-refractivity contribution in [1.82, 2.24) is 15.5 Å². The number of aryl methyl sites for hydroxylation is 2. The number of anilines is 1. The first kappa shape index (κ1) is 25.5. The van der Waals surface area contributed by atoms with Crippen molar-refractivity contribution in [3.63, 3.8) is 0 Å². The standard InChI is InChI=1S/C30H32N4O4/c1-19-17-23(29-32-20(2)38-34-29)10-12-26(19)21-6-8-22(9-7-21)30(35)33-25-11-13-27(36-3)28(18-25)37-16-14-24-5-4-15-31-24/h6-13,17-18,24,31H,4-5,14-16H2,1-3H3,(H,33,35). The van der Waals surface area contributed by atoms with Crippen LogP contribution in [0.4, 0.5) is 5.69 Å². The summed E-state index contributed by atoms with van der Waals surface area (Å²) in [6, 6.07) is 19.5. The molecule has 8 heteroatoms. The molecule has 4 aromatic rings. The van der Waals surface area contributed by atoms with Gasteiger partial charge in [-0.1, -0.05) is 29.4 Å². The van der Waals surface area contributed by atoms with E-state index in [1.54, 1.807) is 14.0 Å². The molecule has 1 unspecified atom stereocenters. The summed E-state index contributed by atoms with van der Waals surface area (Å²) >= 11 is 0. The Hall–Kier alpha value is -4.17. The van der Waals surface area contributed by atoms with Crippen molar-refractivity contribution in [1.29, 1.82) is 0 Å². The lowest BCUT2D eigenvalue weighted by Crippen LogP contribution is -2.23. The number of hydrogen-bond acceptors (Lipinski definition) is 7. The van der Waals surface area contributed by atoms with Gasteiger partial charge in [-0.15, -0.1) is 0 Å². The summed E-state index contributed by atoms with van der Waals surface area (Å²) in [7, 11) is 1.61. The zero-order valence-electron chi connectivity index (χ0n) is 21.9. The second-order valence-corrected chi connectivity index (χ2v) is 9.49. The molecule has 1 aliphatic rings.